The van der Waals surface area contributed by atoms with Crippen molar-refractivity contribution in [2.24, 2.45) is 5.92 Å². The summed E-state index contributed by atoms with van der Waals surface area (Å²) < 4.78 is 0. The number of rotatable bonds is 5. The first kappa shape index (κ1) is 27.7. The molecule has 0 fully saturated rings. The molecule has 2 atom stereocenters. The standard InChI is InChI=1S/C31H28Si.2ClH.Ti/c1-3-4-21-32(2,30-26-17-9-5-13-22(26)23-14-6-10-18-27(23)30)31-28-19-11-7-15-24(28)25-16-8-12-20-29(25)31;;;/h3,5-20,26,31H,1,4,21H2,2H3;2*1H;/q;;;+2/p-2. The summed E-state index contributed by atoms with van der Waals surface area (Å²) in [4.78, 5) is 0. The van der Waals surface area contributed by atoms with Crippen molar-refractivity contribution in [2.45, 2.75) is 24.6 Å². The van der Waals surface area contributed by atoms with Crippen molar-refractivity contribution in [3.63, 3.8) is 0 Å². The Morgan fingerprint density at radius 3 is 2.00 bits per heavy atom. The molecular weight excluding hydrogens is 519 g/mol. The molecule has 6 rings (SSSR count). The molecule has 0 bridgehead atoms. The fraction of sp³-hybridized carbons (Fsp3) is 0.161. The number of fused-ring (bicyclic) bond motifs is 5. The monoisotopic (exact) mass is 546 g/mol. The Hall–Kier alpha value is -1.87. The van der Waals surface area contributed by atoms with Crippen molar-refractivity contribution >= 4 is 18.8 Å². The SMILES string of the molecule is C=CCC[Si](C)(C1=c2ccccc2=C2C=CC=CC21)C1c2ccccc2-c2ccccc21.[Cl-].[Cl-].[Ti+2]. The van der Waals surface area contributed by atoms with Gasteiger partial charge < -0.3 is 24.8 Å². The molecule has 3 aliphatic rings. The Morgan fingerprint density at radius 1 is 0.800 bits per heavy atom. The largest absolute Gasteiger partial charge is 2.00 e. The van der Waals surface area contributed by atoms with Crippen LogP contribution in [0.2, 0.25) is 12.6 Å². The molecule has 0 radical (unpaired) electrons. The van der Waals surface area contributed by atoms with E-state index in [0.29, 0.717) is 11.5 Å². The summed E-state index contributed by atoms with van der Waals surface area (Å²) >= 11 is 0. The molecule has 3 aromatic carbocycles. The summed E-state index contributed by atoms with van der Waals surface area (Å²) in [5.41, 5.74) is 7.87. The van der Waals surface area contributed by atoms with Gasteiger partial charge in [0.15, 0.2) is 0 Å². The van der Waals surface area contributed by atoms with Gasteiger partial charge >= 0.3 is 21.7 Å². The van der Waals surface area contributed by atoms with Crippen LogP contribution in [0.3, 0.4) is 0 Å². The maximum absolute atomic E-state index is 4.11. The molecule has 0 N–H and O–H groups in total. The van der Waals surface area contributed by atoms with Crippen LogP contribution in [0.5, 0.6) is 0 Å². The summed E-state index contributed by atoms with van der Waals surface area (Å²) in [5.74, 6) is 0.402. The Morgan fingerprint density at radius 2 is 1.37 bits per heavy atom. The van der Waals surface area contributed by atoms with Gasteiger partial charge in [-0.05, 0) is 50.7 Å². The maximum atomic E-state index is 4.11. The summed E-state index contributed by atoms with van der Waals surface area (Å²) in [7, 11) is -2.03. The van der Waals surface area contributed by atoms with E-state index in [2.05, 4.69) is 116 Å². The van der Waals surface area contributed by atoms with Crippen molar-refractivity contribution in [1.29, 1.82) is 0 Å². The van der Waals surface area contributed by atoms with Gasteiger partial charge in [0.25, 0.3) is 0 Å². The molecular formula is C31H28Cl2SiTi. The van der Waals surface area contributed by atoms with Gasteiger partial charge in [-0.25, -0.2) is 0 Å². The van der Waals surface area contributed by atoms with E-state index in [9.17, 15) is 0 Å². The third-order valence-corrected chi connectivity index (χ3v) is 12.9. The predicted molar refractivity (Wildman–Crippen MR) is 139 cm³/mol. The van der Waals surface area contributed by atoms with Crippen LogP contribution in [0.1, 0.15) is 23.1 Å². The molecule has 0 amide bonds. The number of hydrogen-bond acceptors (Lipinski definition) is 0. The van der Waals surface area contributed by atoms with Crippen LogP contribution in [0, 0.1) is 5.92 Å². The molecule has 3 aliphatic carbocycles. The van der Waals surface area contributed by atoms with E-state index in [4.69, 9.17) is 0 Å². The van der Waals surface area contributed by atoms with Crippen molar-refractivity contribution in [1.82, 2.24) is 0 Å². The molecule has 0 heterocycles. The van der Waals surface area contributed by atoms with E-state index in [1.54, 1.807) is 5.20 Å². The minimum atomic E-state index is -2.03. The van der Waals surface area contributed by atoms with E-state index in [-0.39, 0.29) is 46.5 Å². The van der Waals surface area contributed by atoms with Crippen LogP contribution in [-0.2, 0) is 21.7 Å². The first-order valence-corrected chi connectivity index (χ1v) is 14.5. The number of allylic oxidation sites excluding steroid dienone is 5. The minimum Gasteiger partial charge on any atom is -1.00 e. The van der Waals surface area contributed by atoms with Crippen LogP contribution >= 0.6 is 0 Å². The normalized spacial score (nSPS) is 18.1. The second-order valence-electron chi connectivity index (χ2n) is 9.49. The first-order valence-electron chi connectivity index (χ1n) is 11.7. The van der Waals surface area contributed by atoms with Gasteiger partial charge in [-0.1, -0.05) is 115 Å². The Kier molecular flexibility index (Phi) is 8.73. The number of benzene rings is 3. The van der Waals surface area contributed by atoms with Crippen molar-refractivity contribution in [2.75, 3.05) is 0 Å². The van der Waals surface area contributed by atoms with Gasteiger partial charge in [0.2, 0.25) is 0 Å². The molecule has 0 aromatic heterocycles. The summed E-state index contributed by atoms with van der Waals surface area (Å²) in [6, 6.07) is 28.6. The summed E-state index contributed by atoms with van der Waals surface area (Å²) in [6.07, 6.45) is 12.4. The van der Waals surface area contributed by atoms with Gasteiger partial charge in [0, 0.05) is 11.5 Å². The molecule has 0 nitrogen and oxygen atoms in total. The average Bonchev–Trinajstić information content (AvgIpc) is 3.37. The molecule has 4 heteroatoms. The maximum Gasteiger partial charge on any atom is 2.00 e. The second-order valence-corrected chi connectivity index (χ2v) is 13.9. The molecule has 0 aliphatic heterocycles. The van der Waals surface area contributed by atoms with Crippen molar-refractivity contribution in [3.05, 3.63) is 131 Å². The molecule has 0 saturated heterocycles. The smallest absolute Gasteiger partial charge is 1.00 e. The fourth-order valence-electron chi connectivity index (χ4n) is 6.53. The van der Waals surface area contributed by atoms with E-state index in [1.807, 2.05) is 0 Å². The molecule has 2 unspecified atom stereocenters. The van der Waals surface area contributed by atoms with Crippen molar-refractivity contribution in [3.8, 4) is 11.1 Å². The predicted octanol–water partition coefficient (Wildman–Crippen LogP) is 0.295. The Bertz CT molecular complexity index is 1390. The minimum absolute atomic E-state index is 0. The summed E-state index contributed by atoms with van der Waals surface area (Å²) in [6.45, 7) is 6.77. The van der Waals surface area contributed by atoms with E-state index >= 15 is 0 Å². The van der Waals surface area contributed by atoms with Crippen LogP contribution in [-0.4, -0.2) is 8.07 Å². The van der Waals surface area contributed by atoms with E-state index < -0.39 is 8.07 Å². The van der Waals surface area contributed by atoms with Gasteiger partial charge in [0.1, 0.15) is 0 Å². The van der Waals surface area contributed by atoms with Crippen LogP contribution in [0.25, 0.3) is 21.9 Å². The fourth-order valence-corrected chi connectivity index (χ4v) is 11.9. The number of halogens is 2. The molecule has 174 valence electrons. The third kappa shape index (κ3) is 4.22. The topological polar surface area (TPSA) is 0 Å². The number of hydrogen-bond donors (Lipinski definition) is 0. The third-order valence-electron chi connectivity index (χ3n) is 7.82. The Labute approximate surface area is 237 Å². The van der Waals surface area contributed by atoms with Gasteiger partial charge in [0.05, 0.1) is 8.07 Å². The molecule has 0 spiro atoms. The van der Waals surface area contributed by atoms with Crippen molar-refractivity contribution < 1.29 is 46.5 Å². The molecule has 35 heavy (non-hydrogen) atoms. The Balaban J connectivity index is 0.00000114. The van der Waals surface area contributed by atoms with Gasteiger partial charge in [-0.3, -0.25) is 0 Å². The van der Waals surface area contributed by atoms with Crippen LogP contribution in [0.15, 0.2) is 110 Å². The van der Waals surface area contributed by atoms with Gasteiger partial charge in [-0.15, -0.1) is 6.58 Å². The zero-order valence-electron chi connectivity index (χ0n) is 19.8. The quantitative estimate of drug-likeness (QED) is 0.319. The zero-order chi connectivity index (χ0) is 21.7. The van der Waals surface area contributed by atoms with E-state index in [0.717, 1.165) is 6.42 Å². The van der Waals surface area contributed by atoms with Crippen LogP contribution < -0.4 is 35.3 Å². The molecule has 3 aromatic rings. The van der Waals surface area contributed by atoms with Crippen LogP contribution in [0.4, 0.5) is 0 Å². The first-order chi connectivity index (χ1) is 15.7. The average molecular weight is 547 g/mol. The van der Waals surface area contributed by atoms with Gasteiger partial charge in [-0.2, -0.15) is 0 Å². The zero-order valence-corrected chi connectivity index (χ0v) is 23.9. The second kappa shape index (κ2) is 11.0. The summed E-state index contributed by atoms with van der Waals surface area (Å²) in [5, 5.41) is 4.64. The van der Waals surface area contributed by atoms with E-state index in [1.165, 1.54) is 44.3 Å². The molecule has 0 saturated carbocycles.